The summed E-state index contributed by atoms with van der Waals surface area (Å²) in [6.07, 6.45) is 2.02. The molecule has 1 fully saturated rings. The third kappa shape index (κ3) is 2.54. The Bertz CT molecular complexity index is 361. The van der Waals surface area contributed by atoms with Crippen LogP contribution in [-0.4, -0.2) is 11.9 Å². The average molecular weight is 241 g/mol. The van der Waals surface area contributed by atoms with Crippen molar-refractivity contribution in [1.82, 2.24) is 5.32 Å². The van der Waals surface area contributed by atoms with Gasteiger partial charge in [0.15, 0.2) is 0 Å². The molecule has 0 aromatic heterocycles. The fourth-order valence-corrected chi connectivity index (χ4v) is 1.72. The predicted molar refractivity (Wildman–Crippen MR) is 66.4 cm³/mol. The van der Waals surface area contributed by atoms with Gasteiger partial charge in [0.1, 0.15) is 0 Å². The first kappa shape index (κ1) is 13.0. The summed E-state index contributed by atoms with van der Waals surface area (Å²) in [5.74, 6) is -0.0728. The first-order valence-corrected chi connectivity index (χ1v) is 5.27. The molecule has 1 atom stereocenters. The van der Waals surface area contributed by atoms with E-state index in [1.165, 1.54) is 5.56 Å². The Kier molecular flexibility index (Phi) is 3.94. The molecule has 16 heavy (non-hydrogen) atoms. The van der Waals surface area contributed by atoms with E-state index in [1.54, 1.807) is 6.92 Å². The van der Waals surface area contributed by atoms with Crippen molar-refractivity contribution >= 4 is 18.3 Å². The highest BCUT2D eigenvalue weighted by Gasteiger charge is 2.45. The van der Waals surface area contributed by atoms with Crippen LogP contribution in [0.15, 0.2) is 30.3 Å². The van der Waals surface area contributed by atoms with Gasteiger partial charge in [-0.1, -0.05) is 30.3 Å². The summed E-state index contributed by atoms with van der Waals surface area (Å²) in [7, 11) is 0. The van der Waals surface area contributed by atoms with Gasteiger partial charge in [0.2, 0.25) is 5.91 Å². The Balaban J connectivity index is 0.00000128. The molecule has 4 heteroatoms. The molecular formula is C12H17ClN2O. The maximum Gasteiger partial charge on any atom is 0.237 e. The highest BCUT2D eigenvalue weighted by atomic mass is 35.5. The van der Waals surface area contributed by atoms with Crippen molar-refractivity contribution in [1.29, 1.82) is 0 Å². The fraction of sp³-hybridized carbons (Fsp3) is 0.417. The van der Waals surface area contributed by atoms with Crippen LogP contribution in [0.1, 0.15) is 25.3 Å². The summed E-state index contributed by atoms with van der Waals surface area (Å²) in [5.41, 5.74) is 6.58. The van der Waals surface area contributed by atoms with Crippen LogP contribution in [0.2, 0.25) is 0 Å². The average Bonchev–Trinajstić information content (AvgIpc) is 3.00. The van der Waals surface area contributed by atoms with Gasteiger partial charge in [-0.05, 0) is 25.3 Å². The first-order chi connectivity index (χ1) is 7.14. The quantitative estimate of drug-likeness (QED) is 0.843. The summed E-state index contributed by atoms with van der Waals surface area (Å²) in [5, 5.41) is 3.02. The van der Waals surface area contributed by atoms with Crippen LogP contribution in [0.4, 0.5) is 0 Å². The van der Waals surface area contributed by atoms with E-state index in [0.717, 1.165) is 12.8 Å². The van der Waals surface area contributed by atoms with Crippen LogP contribution in [0.5, 0.6) is 0 Å². The number of hydrogen-bond donors (Lipinski definition) is 2. The lowest BCUT2D eigenvalue weighted by atomic mass is 10.0. The van der Waals surface area contributed by atoms with E-state index in [4.69, 9.17) is 5.73 Å². The van der Waals surface area contributed by atoms with Crippen LogP contribution in [0.3, 0.4) is 0 Å². The number of carbonyl (C=O) groups excluding carboxylic acids is 1. The molecule has 2 rings (SSSR count). The van der Waals surface area contributed by atoms with E-state index in [-0.39, 0.29) is 23.9 Å². The van der Waals surface area contributed by atoms with Crippen LogP contribution in [-0.2, 0) is 10.3 Å². The lowest BCUT2D eigenvalue weighted by Gasteiger charge is -2.19. The molecule has 0 unspecified atom stereocenters. The normalized spacial score (nSPS) is 18.1. The second kappa shape index (κ2) is 4.85. The van der Waals surface area contributed by atoms with E-state index in [0.29, 0.717) is 0 Å². The molecule has 1 aromatic rings. The number of nitrogens with two attached hydrogens (primary N) is 1. The number of rotatable bonds is 3. The molecule has 0 spiro atoms. The van der Waals surface area contributed by atoms with Crippen molar-refractivity contribution in [2.24, 2.45) is 5.73 Å². The highest BCUT2D eigenvalue weighted by Crippen LogP contribution is 2.45. The molecule has 1 aliphatic rings. The number of benzene rings is 1. The zero-order valence-electron chi connectivity index (χ0n) is 9.27. The van der Waals surface area contributed by atoms with Crippen LogP contribution >= 0.6 is 12.4 Å². The number of carbonyl (C=O) groups is 1. The van der Waals surface area contributed by atoms with Gasteiger partial charge in [-0.15, -0.1) is 12.4 Å². The van der Waals surface area contributed by atoms with Gasteiger partial charge >= 0.3 is 0 Å². The maximum absolute atomic E-state index is 11.5. The summed E-state index contributed by atoms with van der Waals surface area (Å²) < 4.78 is 0. The van der Waals surface area contributed by atoms with Crippen molar-refractivity contribution in [2.45, 2.75) is 31.3 Å². The Hall–Kier alpha value is -1.06. The monoisotopic (exact) mass is 240 g/mol. The van der Waals surface area contributed by atoms with Crippen molar-refractivity contribution < 1.29 is 4.79 Å². The molecule has 1 amide bonds. The highest BCUT2D eigenvalue weighted by molar-refractivity contribution is 5.85. The van der Waals surface area contributed by atoms with Crippen LogP contribution in [0.25, 0.3) is 0 Å². The third-order valence-corrected chi connectivity index (χ3v) is 2.85. The summed E-state index contributed by atoms with van der Waals surface area (Å²) >= 11 is 0. The maximum atomic E-state index is 11.5. The molecule has 0 bridgehead atoms. The first-order valence-electron chi connectivity index (χ1n) is 5.27. The molecule has 1 aromatic carbocycles. The van der Waals surface area contributed by atoms with Crippen LogP contribution in [0, 0.1) is 0 Å². The third-order valence-electron chi connectivity index (χ3n) is 2.85. The standard InChI is InChI=1S/C12H16N2O.ClH/c1-9(13)11(15)14-12(7-8-12)10-5-3-2-4-6-10;/h2-6,9H,7-8,13H2,1H3,(H,14,15);1H/t9-;/m1./s1. The van der Waals surface area contributed by atoms with Gasteiger partial charge in [-0.25, -0.2) is 0 Å². The molecule has 88 valence electrons. The van der Waals surface area contributed by atoms with Gasteiger partial charge in [0.05, 0.1) is 11.6 Å². The number of amides is 1. The largest absolute Gasteiger partial charge is 0.345 e. The molecule has 3 N–H and O–H groups in total. The van der Waals surface area contributed by atoms with Crippen molar-refractivity contribution in [3.05, 3.63) is 35.9 Å². The van der Waals surface area contributed by atoms with E-state index >= 15 is 0 Å². The number of halogens is 1. The summed E-state index contributed by atoms with van der Waals surface area (Å²) in [6.45, 7) is 1.70. The second-order valence-electron chi connectivity index (χ2n) is 4.23. The minimum atomic E-state index is -0.439. The van der Waals surface area contributed by atoms with E-state index < -0.39 is 6.04 Å². The van der Waals surface area contributed by atoms with E-state index in [1.807, 2.05) is 18.2 Å². The summed E-state index contributed by atoms with van der Waals surface area (Å²) in [6, 6.07) is 9.63. The smallest absolute Gasteiger partial charge is 0.237 e. The molecule has 1 saturated carbocycles. The zero-order chi connectivity index (χ0) is 10.9. The summed E-state index contributed by atoms with van der Waals surface area (Å²) in [4.78, 5) is 11.5. The van der Waals surface area contributed by atoms with E-state index in [2.05, 4.69) is 17.4 Å². The topological polar surface area (TPSA) is 55.1 Å². The van der Waals surface area contributed by atoms with Gasteiger partial charge in [-0.2, -0.15) is 0 Å². The second-order valence-corrected chi connectivity index (χ2v) is 4.23. The molecular weight excluding hydrogens is 224 g/mol. The minimum absolute atomic E-state index is 0. The van der Waals surface area contributed by atoms with Gasteiger partial charge in [-0.3, -0.25) is 4.79 Å². The SMILES string of the molecule is C[C@@H](N)C(=O)NC1(c2ccccc2)CC1.Cl. The minimum Gasteiger partial charge on any atom is -0.345 e. The molecule has 0 heterocycles. The Morgan fingerprint density at radius 2 is 1.94 bits per heavy atom. The number of nitrogens with one attached hydrogen (secondary N) is 1. The van der Waals surface area contributed by atoms with E-state index in [9.17, 15) is 4.79 Å². The van der Waals surface area contributed by atoms with Crippen molar-refractivity contribution in [2.75, 3.05) is 0 Å². The lowest BCUT2D eigenvalue weighted by molar-refractivity contribution is -0.123. The number of hydrogen-bond acceptors (Lipinski definition) is 2. The Morgan fingerprint density at radius 3 is 2.38 bits per heavy atom. The van der Waals surface area contributed by atoms with Gasteiger partial charge < -0.3 is 11.1 Å². The molecule has 0 aliphatic heterocycles. The van der Waals surface area contributed by atoms with Crippen molar-refractivity contribution in [3.63, 3.8) is 0 Å². The molecule has 0 saturated heterocycles. The predicted octanol–water partition coefficient (Wildman–Crippen LogP) is 1.56. The van der Waals surface area contributed by atoms with Crippen molar-refractivity contribution in [3.8, 4) is 0 Å². The Labute approximate surface area is 102 Å². The van der Waals surface area contributed by atoms with Crippen LogP contribution < -0.4 is 11.1 Å². The fourth-order valence-electron chi connectivity index (χ4n) is 1.72. The van der Waals surface area contributed by atoms with Gasteiger partial charge in [0.25, 0.3) is 0 Å². The molecule has 3 nitrogen and oxygen atoms in total. The lowest BCUT2D eigenvalue weighted by Crippen LogP contribution is -2.43. The zero-order valence-corrected chi connectivity index (χ0v) is 10.1. The molecule has 0 radical (unpaired) electrons. The molecule has 1 aliphatic carbocycles. The van der Waals surface area contributed by atoms with Gasteiger partial charge in [0, 0.05) is 0 Å². The Morgan fingerprint density at radius 1 is 1.38 bits per heavy atom.